The Kier molecular flexibility index (Phi) is 3.89. The van der Waals surface area contributed by atoms with Gasteiger partial charge in [-0.3, -0.25) is 0 Å². The van der Waals surface area contributed by atoms with E-state index in [1.54, 1.807) is 0 Å². The molecule has 5 aliphatic heterocycles. The van der Waals surface area contributed by atoms with Crippen LogP contribution in [0.15, 0.2) is 0 Å². The van der Waals surface area contributed by atoms with Crippen molar-refractivity contribution in [3.8, 4) is 0 Å². The largest absolute Gasteiger partial charge is 0.460 e. The van der Waals surface area contributed by atoms with Gasteiger partial charge in [0.25, 0.3) is 0 Å². The summed E-state index contributed by atoms with van der Waals surface area (Å²) in [6.07, 6.45) is -2.19. The number of hydrogen-bond acceptors (Lipinski definition) is 8. The zero-order valence-electron chi connectivity index (χ0n) is 17.3. The third-order valence-corrected chi connectivity index (χ3v) is 8.29. The fraction of sp³-hybridized carbons (Fsp3) is 0.905. The van der Waals surface area contributed by atoms with Gasteiger partial charge in [0.1, 0.15) is 11.7 Å². The van der Waals surface area contributed by atoms with Gasteiger partial charge in [0.2, 0.25) is 11.9 Å². The van der Waals surface area contributed by atoms with Gasteiger partial charge in [0.15, 0.2) is 6.10 Å². The molecular formula is C21H30O8. The van der Waals surface area contributed by atoms with Gasteiger partial charge >= 0.3 is 11.9 Å². The highest BCUT2D eigenvalue weighted by atomic mass is 16.7. The summed E-state index contributed by atoms with van der Waals surface area (Å²) in [5.41, 5.74) is -4.62. The van der Waals surface area contributed by atoms with Gasteiger partial charge in [-0.25, -0.2) is 9.59 Å². The third-order valence-electron chi connectivity index (χ3n) is 8.29. The molecule has 5 unspecified atom stereocenters. The van der Waals surface area contributed by atoms with Crippen LogP contribution in [0.5, 0.6) is 0 Å². The molecule has 0 amide bonds. The maximum absolute atomic E-state index is 13.2. The molecule has 8 nitrogen and oxygen atoms in total. The average molecular weight is 410 g/mol. The summed E-state index contributed by atoms with van der Waals surface area (Å²) >= 11 is 0. The Balaban J connectivity index is 1.75. The Labute approximate surface area is 169 Å². The minimum Gasteiger partial charge on any atom is -0.460 e. The smallest absolute Gasteiger partial charge is 0.342 e. The normalized spacial score (nSPS) is 54.0. The second kappa shape index (κ2) is 5.72. The highest BCUT2D eigenvalue weighted by Crippen LogP contribution is 2.63. The Morgan fingerprint density at radius 2 is 1.90 bits per heavy atom. The molecule has 5 rings (SSSR count). The molecule has 29 heavy (non-hydrogen) atoms. The number of carbonyl (C=O) groups is 2. The van der Waals surface area contributed by atoms with E-state index in [1.807, 2.05) is 27.7 Å². The van der Waals surface area contributed by atoms with Crippen molar-refractivity contribution >= 4 is 11.9 Å². The molecule has 5 fully saturated rings. The van der Waals surface area contributed by atoms with Gasteiger partial charge in [-0.05, 0) is 30.6 Å². The molecule has 9 atom stereocenters. The van der Waals surface area contributed by atoms with Crippen LogP contribution in [0.1, 0.15) is 53.4 Å². The Hall–Kier alpha value is -1.22. The second-order valence-electron chi connectivity index (χ2n) is 10.7. The summed E-state index contributed by atoms with van der Waals surface area (Å²) in [4.78, 5) is 25.8. The van der Waals surface area contributed by atoms with Crippen molar-refractivity contribution in [2.24, 2.45) is 22.7 Å². The molecule has 0 aliphatic carbocycles. The monoisotopic (exact) mass is 410 g/mol. The van der Waals surface area contributed by atoms with Crippen LogP contribution in [0.25, 0.3) is 0 Å². The molecule has 162 valence electrons. The van der Waals surface area contributed by atoms with E-state index in [2.05, 4.69) is 0 Å². The van der Waals surface area contributed by atoms with E-state index in [4.69, 9.17) is 18.9 Å². The lowest BCUT2D eigenvalue weighted by atomic mass is 9.55. The van der Waals surface area contributed by atoms with Crippen LogP contribution >= 0.6 is 0 Å². The first kappa shape index (κ1) is 19.7. The zero-order valence-corrected chi connectivity index (χ0v) is 17.3. The predicted molar refractivity (Wildman–Crippen MR) is 97.3 cm³/mol. The zero-order chi connectivity index (χ0) is 21.0. The van der Waals surface area contributed by atoms with Crippen molar-refractivity contribution in [2.75, 3.05) is 6.61 Å². The van der Waals surface area contributed by atoms with Crippen LogP contribution in [-0.2, 0) is 28.5 Å². The van der Waals surface area contributed by atoms with Gasteiger partial charge in [-0.2, -0.15) is 0 Å². The Bertz CT molecular complexity index is 760. The minimum absolute atomic E-state index is 0.180. The fourth-order valence-electron chi connectivity index (χ4n) is 6.89. The van der Waals surface area contributed by atoms with Crippen molar-refractivity contribution in [2.45, 2.75) is 89.2 Å². The minimum atomic E-state index is -1.68. The molecule has 5 aliphatic rings. The number of aliphatic hydroxyl groups excluding tert-OH is 1. The summed E-state index contributed by atoms with van der Waals surface area (Å²) in [6, 6.07) is 0. The standard InChI is InChI=1S/C21H30O8/c1-10-9-26-13-5-6-19-12(18(2,3)4)7-11-8-20(16(24)27-11,21(10,13)25)29-17(19)28-15(23)14(19)22/h10-14,17,22,25H,5-9H2,1-4H3/t10-,11?,12+,13?,14+,17?,19?,20?,21-/m1/s1. The van der Waals surface area contributed by atoms with E-state index >= 15 is 0 Å². The molecule has 2 N–H and O–H groups in total. The number of aliphatic hydroxyl groups is 2. The van der Waals surface area contributed by atoms with Crippen molar-refractivity contribution in [3.63, 3.8) is 0 Å². The second-order valence-corrected chi connectivity index (χ2v) is 10.7. The molecule has 1 spiro atoms. The SMILES string of the molecule is C[C@@H]1COC2CCC34C(OC(=O)[C@@H]3O)OC3(CC(C[C@H]4C(C)(C)C)OC3=O)[C@]21O. The molecule has 0 radical (unpaired) electrons. The topological polar surface area (TPSA) is 112 Å². The predicted octanol–water partition coefficient (Wildman–Crippen LogP) is 0.913. The van der Waals surface area contributed by atoms with Gasteiger partial charge in [0.05, 0.1) is 18.1 Å². The highest BCUT2D eigenvalue weighted by Gasteiger charge is 2.77. The quantitative estimate of drug-likeness (QED) is 0.567. The van der Waals surface area contributed by atoms with E-state index in [9.17, 15) is 19.8 Å². The van der Waals surface area contributed by atoms with Gasteiger partial charge in [-0.15, -0.1) is 0 Å². The van der Waals surface area contributed by atoms with Crippen molar-refractivity contribution < 1.29 is 38.7 Å². The number of carbonyl (C=O) groups excluding carboxylic acids is 2. The van der Waals surface area contributed by atoms with Gasteiger partial charge < -0.3 is 29.2 Å². The summed E-state index contributed by atoms with van der Waals surface area (Å²) in [6.45, 7) is 8.28. The van der Waals surface area contributed by atoms with E-state index in [0.717, 1.165) is 0 Å². The fourth-order valence-corrected chi connectivity index (χ4v) is 6.89. The maximum Gasteiger partial charge on any atom is 0.342 e. The van der Waals surface area contributed by atoms with Crippen LogP contribution in [0.4, 0.5) is 0 Å². The molecule has 0 aromatic carbocycles. The molecular weight excluding hydrogens is 380 g/mol. The first-order valence-corrected chi connectivity index (χ1v) is 10.6. The number of ether oxygens (including phenoxy) is 4. The van der Waals surface area contributed by atoms with Gasteiger partial charge in [0, 0.05) is 12.3 Å². The first-order chi connectivity index (χ1) is 13.5. The lowest BCUT2D eigenvalue weighted by Crippen LogP contribution is -2.70. The summed E-state index contributed by atoms with van der Waals surface area (Å²) in [5.74, 6) is -1.93. The van der Waals surface area contributed by atoms with Crippen LogP contribution in [0, 0.1) is 22.7 Å². The van der Waals surface area contributed by atoms with Gasteiger partial charge in [-0.1, -0.05) is 27.7 Å². The summed E-state index contributed by atoms with van der Waals surface area (Å²) < 4.78 is 23.6. The highest BCUT2D eigenvalue weighted by molar-refractivity contribution is 5.85. The molecule has 5 saturated heterocycles. The number of esters is 2. The summed E-state index contributed by atoms with van der Waals surface area (Å²) in [5, 5.41) is 22.9. The van der Waals surface area contributed by atoms with Crippen LogP contribution in [0.2, 0.25) is 0 Å². The first-order valence-electron chi connectivity index (χ1n) is 10.6. The lowest BCUT2D eigenvalue weighted by Gasteiger charge is -2.54. The van der Waals surface area contributed by atoms with E-state index in [-0.39, 0.29) is 23.7 Å². The molecule has 5 heterocycles. The Morgan fingerprint density at radius 3 is 2.59 bits per heavy atom. The Morgan fingerprint density at radius 1 is 1.17 bits per heavy atom. The number of rotatable bonds is 0. The molecule has 8 heteroatoms. The van der Waals surface area contributed by atoms with E-state index in [0.29, 0.717) is 25.9 Å². The summed E-state index contributed by atoms with van der Waals surface area (Å²) in [7, 11) is 0. The third kappa shape index (κ3) is 2.18. The van der Waals surface area contributed by atoms with Crippen LogP contribution in [0.3, 0.4) is 0 Å². The number of hydrogen-bond donors (Lipinski definition) is 2. The molecule has 3 bridgehead atoms. The van der Waals surface area contributed by atoms with E-state index in [1.165, 1.54) is 0 Å². The average Bonchev–Trinajstić information content (AvgIpc) is 3.17. The molecule has 0 aromatic heterocycles. The lowest BCUT2D eigenvalue weighted by molar-refractivity contribution is -0.307. The van der Waals surface area contributed by atoms with Crippen LogP contribution in [-0.4, -0.2) is 64.6 Å². The number of fused-ring (bicyclic) bond motifs is 2. The van der Waals surface area contributed by atoms with E-state index < -0.39 is 53.2 Å². The van der Waals surface area contributed by atoms with Crippen molar-refractivity contribution in [1.29, 1.82) is 0 Å². The maximum atomic E-state index is 13.2. The molecule has 0 saturated carbocycles. The van der Waals surface area contributed by atoms with Crippen LogP contribution < -0.4 is 0 Å². The van der Waals surface area contributed by atoms with Crippen molar-refractivity contribution in [1.82, 2.24) is 0 Å². The molecule has 0 aromatic rings. The van der Waals surface area contributed by atoms with Crippen molar-refractivity contribution in [3.05, 3.63) is 0 Å².